The maximum absolute atomic E-state index is 12.1. The van der Waals surface area contributed by atoms with E-state index in [9.17, 15) is 4.79 Å². The standard InChI is InChI=1S/C21H28N2O4/c1-4-25-12-13-26-19-10-8-17(9-11-19)22-15-21(24)23-18-6-5-7-20(14-18)27-16(2)3/h5-11,14,16,22H,4,12-13,15H2,1-3H3,(H,23,24). The number of carbonyl (C=O) groups excluding carboxylic acids is 1. The Morgan fingerprint density at radius 2 is 1.78 bits per heavy atom. The predicted octanol–water partition coefficient (Wildman–Crippen LogP) is 3.94. The summed E-state index contributed by atoms with van der Waals surface area (Å²) in [5.74, 6) is 1.37. The molecular weight excluding hydrogens is 344 g/mol. The highest BCUT2D eigenvalue weighted by atomic mass is 16.5. The minimum Gasteiger partial charge on any atom is -0.491 e. The van der Waals surface area contributed by atoms with Gasteiger partial charge in [-0.15, -0.1) is 0 Å². The largest absolute Gasteiger partial charge is 0.491 e. The van der Waals surface area contributed by atoms with Crippen molar-refractivity contribution in [3.63, 3.8) is 0 Å². The Balaban J connectivity index is 1.76. The summed E-state index contributed by atoms with van der Waals surface area (Å²) in [4.78, 5) is 12.1. The van der Waals surface area contributed by atoms with Crippen molar-refractivity contribution >= 4 is 17.3 Å². The van der Waals surface area contributed by atoms with Gasteiger partial charge < -0.3 is 24.8 Å². The normalized spacial score (nSPS) is 10.5. The highest BCUT2D eigenvalue weighted by Gasteiger charge is 2.05. The second-order valence-corrected chi connectivity index (χ2v) is 6.17. The molecular formula is C21H28N2O4. The molecule has 2 aromatic rings. The summed E-state index contributed by atoms with van der Waals surface area (Å²) in [6.45, 7) is 7.81. The Morgan fingerprint density at radius 3 is 2.48 bits per heavy atom. The smallest absolute Gasteiger partial charge is 0.243 e. The van der Waals surface area contributed by atoms with Crippen LogP contribution in [0.15, 0.2) is 48.5 Å². The van der Waals surface area contributed by atoms with Crippen molar-refractivity contribution in [2.45, 2.75) is 26.9 Å². The summed E-state index contributed by atoms with van der Waals surface area (Å²) >= 11 is 0. The zero-order valence-electron chi connectivity index (χ0n) is 16.2. The molecule has 6 nitrogen and oxygen atoms in total. The lowest BCUT2D eigenvalue weighted by Crippen LogP contribution is -2.21. The molecule has 2 N–H and O–H groups in total. The predicted molar refractivity (Wildman–Crippen MR) is 108 cm³/mol. The summed E-state index contributed by atoms with van der Waals surface area (Å²) in [6, 6.07) is 14.8. The molecule has 0 saturated carbocycles. The van der Waals surface area contributed by atoms with Crippen molar-refractivity contribution in [3.8, 4) is 11.5 Å². The minimum absolute atomic E-state index is 0.0868. The lowest BCUT2D eigenvalue weighted by Gasteiger charge is -2.12. The van der Waals surface area contributed by atoms with Crippen LogP contribution in [0.1, 0.15) is 20.8 Å². The van der Waals surface area contributed by atoms with Crippen LogP contribution in [-0.2, 0) is 9.53 Å². The summed E-state index contributed by atoms with van der Waals surface area (Å²) in [6.07, 6.45) is 0.0868. The first kappa shape index (κ1) is 20.6. The molecule has 0 bridgehead atoms. The van der Waals surface area contributed by atoms with E-state index in [1.54, 1.807) is 0 Å². The van der Waals surface area contributed by atoms with Crippen LogP contribution in [0.5, 0.6) is 11.5 Å². The third-order valence-corrected chi connectivity index (χ3v) is 3.50. The summed E-state index contributed by atoms with van der Waals surface area (Å²) in [7, 11) is 0. The van der Waals surface area contributed by atoms with Gasteiger partial charge in [0.05, 0.1) is 19.3 Å². The fourth-order valence-corrected chi connectivity index (χ4v) is 2.34. The summed E-state index contributed by atoms with van der Waals surface area (Å²) in [5.41, 5.74) is 1.55. The summed E-state index contributed by atoms with van der Waals surface area (Å²) < 4.78 is 16.4. The maximum Gasteiger partial charge on any atom is 0.243 e. The van der Waals surface area contributed by atoms with Gasteiger partial charge in [0.15, 0.2) is 0 Å². The number of ether oxygens (including phenoxy) is 3. The van der Waals surface area contributed by atoms with Crippen molar-refractivity contribution in [1.29, 1.82) is 0 Å². The van der Waals surface area contributed by atoms with Gasteiger partial charge >= 0.3 is 0 Å². The molecule has 0 aliphatic carbocycles. The molecule has 0 atom stereocenters. The van der Waals surface area contributed by atoms with E-state index >= 15 is 0 Å². The van der Waals surface area contributed by atoms with Crippen molar-refractivity contribution in [1.82, 2.24) is 0 Å². The van der Waals surface area contributed by atoms with Crippen LogP contribution in [0.25, 0.3) is 0 Å². The number of benzene rings is 2. The number of hydrogen-bond acceptors (Lipinski definition) is 5. The molecule has 0 heterocycles. The maximum atomic E-state index is 12.1. The van der Waals surface area contributed by atoms with E-state index in [-0.39, 0.29) is 18.6 Å². The van der Waals surface area contributed by atoms with Gasteiger partial charge in [0.1, 0.15) is 18.1 Å². The number of amides is 1. The summed E-state index contributed by atoms with van der Waals surface area (Å²) in [5, 5.41) is 5.95. The Hall–Kier alpha value is -2.73. The van der Waals surface area contributed by atoms with Crippen LogP contribution in [0.3, 0.4) is 0 Å². The Morgan fingerprint density at radius 1 is 1.00 bits per heavy atom. The first-order valence-corrected chi connectivity index (χ1v) is 9.18. The van der Waals surface area contributed by atoms with E-state index in [2.05, 4.69) is 10.6 Å². The first-order valence-electron chi connectivity index (χ1n) is 9.18. The number of hydrogen-bond donors (Lipinski definition) is 2. The molecule has 0 unspecified atom stereocenters. The number of anilines is 2. The third-order valence-electron chi connectivity index (χ3n) is 3.50. The number of carbonyl (C=O) groups is 1. The minimum atomic E-state index is -0.131. The van der Waals surface area contributed by atoms with E-state index < -0.39 is 0 Å². The average Bonchev–Trinajstić information content (AvgIpc) is 2.64. The van der Waals surface area contributed by atoms with Crippen molar-refractivity contribution < 1.29 is 19.0 Å². The first-order chi connectivity index (χ1) is 13.1. The number of rotatable bonds is 11. The number of nitrogens with one attached hydrogen (secondary N) is 2. The van der Waals surface area contributed by atoms with Gasteiger partial charge in [0.25, 0.3) is 0 Å². The topological polar surface area (TPSA) is 68.8 Å². The molecule has 2 aromatic carbocycles. The fourth-order valence-electron chi connectivity index (χ4n) is 2.34. The monoisotopic (exact) mass is 372 g/mol. The van der Waals surface area contributed by atoms with Crippen LogP contribution in [0.2, 0.25) is 0 Å². The Kier molecular flexibility index (Phi) is 8.45. The fraction of sp³-hybridized carbons (Fsp3) is 0.381. The molecule has 0 aromatic heterocycles. The van der Waals surface area contributed by atoms with Crippen molar-refractivity contribution in [2.75, 3.05) is 37.0 Å². The molecule has 0 fully saturated rings. The van der Waals surface area contributed by atoms with Crippen LogP contribution in [-0.4, -0.2) is 38.4 Å². The lowest BCUT2D eigenvalue weighted by atomic mass is 10.3. The third kappa shape index (κ3) is 8.00. The van der Waals surface area contributed by atoms with Gasteiger partial charge in [-0.1, -0.05) is 6.07 Å². The molecule has 146 valence electrons. The van der Waals surface area contributed by atoms with Gasteiger partial charge in [0, 0.05) is 24.0 Å². The zero-order chi connectivity index (χ0) is 19.5. The molecule has 6 heteroatoms. The van der Waals surface area contributed by atoms with E-state index in [0.29, 0.717) is 25.5 Å². The van der Waals surface area contributed by atoms with E-state index in [0.717, 1.165) is 17.2 Å². The molecule has 1 amide bonds. The van der Waals surface area contributed by atoms with Gasteiger partial charge in [0.2, 0.25) is 5.91 Å². The Bertz CT molecular complexity index is 702. The molecule has 0 saturated heterocycles. The van der Waals surface area contributed by atoms with Gasteiger partial charge in [-0.05, 0) is 57.2 Å². The van der Waals surface area contributed by atoms with E-state index in [4.69, 9.17) is 14.2 Å². The highest BCUT2D eigenvalue weighted by Crippen LogP contribution is 2.19. The second-order valence-electron chi connectivity index (χ2n) is 6.17. The molecule has 0 aliphatic heterocycles. The zero-order valence-corrected chi connectivity index (χ0v) is 16.2. The molecule has 0 radical (unpaired) electrons. The van der Waals surface area contributed by atoms with Crippen LogP contribution >= 0.6 is 0 Å². The quantitative estimate of drug-likeness (QED) is 0.585. The average molecular weight is 372 g/mol. The molecule has 0 aliphatic rings. The molecule has 2 rings (SSSR count). The van der Waals surface area contributed by atoms with E-state index in [1.807, 2.05) is 69.3 Å². The van der Waals surface area contributed by atoms with Crippen LogP contribution < -0.4 is 20.1 Å². The van der Waals surface area contributed by atoms with Crippen molar-refractivity contribution in [3.05, 3.63) is 48.5 Å². The van der Waals surface area contributed by atoms with Crippen molar-refractivity contribution in [2.24, 2.45) is 0 Å². The van der Waals surface area contributed by atoms with Crippen LogP contribution in [0, 0.1) is 0 Å². The highest BCUT2D eigenvalue weighted by molar-refractivity contribution is 5.93. The van der Waals surface area contributed by atoms with Gasteiger partial charge in [-0.25, -0.2) is 0 Å². The second kappa shape index (κ2) is 11.1. The van der Waals surface area contributed by atoms with E-state index in [1.165, 1.54) is 0 Å². The van der Waals surface area contributed by atoms with Gasteiger partial charge in [-0.3, -0.25) is 4.79 Å². The molecule has 0 spiro atoms. The van der Waals surface area contributed by atoms with Gasteiger partial charge in [-0.2, -0.15) is 0 Å². The van der Waals surface area contributed by atoms with Crippen LogP contribution in [0.4, 0.5) is 11.4 Å². The Labute approximate surface area is 160 Å². The lowest BCUT2D eigenvalue weighted by molar-refractivity contribution is -0.114. The SMILES string of the molecule is CCOCCOc1ccc(NCC(=O)Nc2cccc(OC(C)C)c2)cc1. The molecule has 27 heavy (non-hydrogen) atoms.